The Morgan fingerprint density at radius 1 is 1.50 bits per heavy atom. The van der Waals surface area contributed by atoms with Gasteiger partial charge in [-0.3, -0.25) is 0 Å². The molecule has 0 amide bonds. The largest absolute Gasteiger partial charge is 0.746 e. The fourth-order valence-corrected chi connectivity index (χ4v) is 0.729. The summed E-state index contributed by atoms with van der Waals surface area (Å²) in [6.07, 6.45) is 1.72. The van der Waals surface area contributed by atoms with E-state index in [1.165, 1.54) is 0 Å². The molecule has 0 aliphatic rings. The molecule has 0 heterocycles. The molecule has 0 bridgehead atoms. The van der Waals surface area contributed by atoms with Crippen molar-refractivity contribution in [2.75, 3.05) is 12.5 Å². The van der Waals surface area contributed by atoms with Crippen molar-refractivity contribution in [2.24, 2.45) is 0 Å². The van der Waals surface area contributed by atoms with E-state index in [0.717, 1.165) is 12.8 Å². The molecule has 0 aliphatic heterocycles. The van der Waals surface area contributed by atoms with Crippen LogP contribution in [-0.4, -0.2) is 25.5 Å². The summed E-state index contributed by atoms with van der Waals surface area (Å²) in [5, 5.41) is 0. The standard InChI is InChI=1S/C5H12O4S/c1-2-3-4-9-5-10(6,7)8/h2-5H2,1H3,(H,6,7,8)/p-1. The van der Waals surface area contributed by atoms with Crippen molar-refractivity contribution in [1.82, 2.24) is 0 Å². The lowest BCUT2D eigenvalue weighted by atomic mass is 10.4. The molecule has 0 aromatic carbocycles. The van der Waals surface area contributed by atoms with Gasteiger partial charge in [-0.2, -0.15) is 0 Å². The molecule has 0 atom stereocenters. The summed E-state index contributed by atoms with van der Waals surface area (Å²) < 4.78 is 34.3. The molecule has 4 nitrogen and oxygen atoms in total. The number of hydrogen-bond acceptors (Lipinski definition) is 4. The Balaban J connectivity index is 3.21. The van der Waals surface area contributed by atoms with E-state index in [0.29, 0.717) is 6.61 Å². The van der Waals surface area contributed by atoms with E-state index in [2.05, 4.69) is 4.74 Å². The first-order chi connectivity index (χ1) is 4.56. The summed E-state index contributed by atoms with van der Waals surface area (Å²) >= 11 is 0. The Morgan fingerprint density at radius 2 is 2.10 bits per heavy atom. The quantitative estimate of drug-likeness (QED) is 0.436. The average Bonchev–Trinajstić information content (AvgIpc) is 1.78. The molecule has 0 saturated heterocycles. The third-order valence-corrected chi connectivity index (χ3v) is 1.33. The molecule has 0 aromatic heterocycles. The van der Waals surface area contributed by atoms with Crippen LogP contribution in [0.2, 0.25) is 0 Å². The molecule has 0 rings (SSSR count). The Bertz CT molecular complexity index is 160. The smallest absolute Gasteiger partial charge is 0.136 e. The summed E-state index contributed by atoms with van der Waals surface area (Å²) in [7, 11) is -4.18. The minimum absolute atomic E-state index is 0.345. The maximum absolute atomic E-state index is 9.91. The monoisotopic (exact) mass is 167 g/mol. The highest BCUT2D eigenvalue weighted by Crippen LogP contribution is 1.89. The lowest BCUT2D eigenvalue weighted by Gasteiger charge is -2.06. The molecule has 0 N–H and O–H groups in total. The number of ether oxygens (including phenoxy) is 1. The van der Waals surface area contributed by atoms with E-state index in [4.69, 9.17) is 0 Å². The molecule has 0 radical (unpaired) electrons. The van der Waals surface area contributed by atoms with Crippen molar-refractivity contribution < 1.29 is 17.7 Å². The van der Waals surface area contributed by atoms with E-state index in [9.17, 15) is 13.0 Å². The molecule has 0 fully saturated rings. The highest BCUT2D eigenvalue weighted by atomic mass is 32.2. The maximum Gasteiger partial charge on any atom is 0.136 e. The van der Waals surface area contributed by atoms with Gasteiger partial charge in [-0.15, -0.1) is 0 Å². The molecule has 0 aromatic rings. The molecule has 0 aliphatic carbocycles. The number of hydrogen-bond donors (Lipinski definition) is 0. The van der Waals surface area contributed by atoms with Crippen LogP contribution in [0.25, 0.3) is 0 Å². The molecule has 0 unspecified atom stereocenters. The highest BCUT2D eigenvalue weighted by molar-refractivity contribution is 7.85. The van der Waals surface area contributed by atoms with Gasteiger partial charge in [-0.05, 0) is 6.42 Å². The minimum atomic E-state index is -4.18. The van der Waals surface area contributed by atoms with E-state index in [1.807, 2.05) is 6.92 Å². The van der Waals surface area contributed by atoms with Crippen LogP contribution in [-0.2, 0) is 14.9 Å². The predicted octanol–water partition coefficient (Wildman–Crippen LogP) is 0.306. The summed E-state index contributed by atoms with van der Waals surface area (Å²) in [5.74, 6) is -0.701. The second-order valence-electron chi connectivity index (χ2n) is 1.94. The molecule has 5 heteroatoms. The lowest BCUT2D eigenvalue weighted by Crippen LogP contribution is -2.08. The highest BCUT2D eigenvalue weighted by Gasteiger charge is 1.92. The molecule has 10 heavy (non-hydrogen) atoms. The van der Waals surface area contributed by atoms with E-state index >= 15 is 0 Å². The zero-order valence-electron chi connectivity index (χ0n) is 5.87. The summed E-state index contributed by atoms with van der Waals surface area (Å²) in [6.45, 7) is 2.30. The fraction of sp³-hybridized carbons (Fsp3) is 1.00. The topological polar surface area (TPSA) is 66.4 Å². The zero-order chi connectivity index (χ0) is 8.04. The van der Waals surface area contributed by atoms with Crippen LogP contribution in [0, 0.1) is 0 Å². The molecule has 62 valence electrons. The van der Waals surface area contributed by atoms with Gasteiger partial charge >= 0.3 is 0 Å². The van der Waals surface area contributed by atoms with Gasteiger partial charge in [0.25, 0.3) is 0 Å². The van der Waals surface area contributed by atoms with Gasteiger partial charge in [-0.25, -0.2) is 8.42 Å². The minimum Gasteiger partial charge on any atom is -0.746 e. The van der Waals surface area contributed by atoms with Gasteiger partial charge in [0.05, 0.1) is 0 Å². The van der Waals surface area contributed by atoms with E-state index < -0.39 is 16.1 Å². The van der Waals surface area contributed by atoms with E-state index in [1.54, 1.807) is 0 Å². The van der Waals surface area contributed by atoms with Crippen molar-refractivity contribution in [1.29, 1.82) is 0 Å². The fourth-order valence-electron chi connectivity index (χ4n) is 0.407. The third kappa shape index (κ3) is 7.87. The Labute approximate surface area is 60.9 Å². The van der Waals surface area contributed by atoms with E-state index in [-0.39, 0.29) is 0 Å². The SMILES string of the molecule is CCCCOCS(=O)(=O)[O-]. The van der Waals surface area contributed by atoms with Gasteiger partial charge in [0.15, 0.2) is 0 Å². The van der Waals surface area contributed by atoms with Gasteiger partial charge in [0.2, 0.25) is 0 Å². The second kappa shape index (κ2) is 4.65. The van der Waals surface area contributed by atoms with Crippen LogP contribution in [0.4, 0.5) is 0 Å². The average molecular weight is 167 g/mol. The number of unbranched alkanes of at least 4 members (excludes halogenated alkanes) is 1. The van der Waals surface area contributed by atoms with Gasteiger partial charge in [0.1, 0.15) is 16.1 Å². The molecular weight excluding hydrogens is 156 g/mol. The molecule has 0 spiro atoms. The maximum atomic E-state index is 9.91. The van der Waals surface area contributed by atoms with Gasteiger partial charge in [0, 0.05) is 6.61 Å². The number of rotatable bonds is 5. The van der Waals surface area contributed by atoms with Gasteiger partial charge in [-0.1, -0.05) is 13.3 Å². The van der Waals surface area contributed by atoms with Crippen molar-refractivity contribution >= 4 is 10.1 Å². The molecular formula is C5H11O4S-. The van der Waals surface area contributed by atoms with Crippen molar-refractivity contribution in [3.05, 3.63) is 0 Å². The van der Waals surface area contributed by atoms with Crippen LogP contribution in [0.1, 0.15) is 19.8 Å². The van der Waals surface area contributed by atoms with Crippen LogP contribution in [0.15, 0.2) is 0 Å². The second-order valence-corrected chi connectivity index (χ2v) is 3.29. The summed E-state index contributed by atoms with van der Waals surface area (Å²) in [5.41, 5.74) is 0. The Hall–Kier alpha value is -0.130. The lowest BCUT2D eigenvalue weighted by molar-refractivity contribution is 0.166. The third-order valence-electron chi connectivity index (χ3n) is 0.870. The van der Waals surface area contributed by atoms with Crippen LogP contribution in [0.3, 0.4) is 0 Å². The first kappa shape index (κ1) is 9.87. The summed E-state index contributed by atoms with van der Waals surface area (Å²) in [6, 6.07) is 0. The first-order valence-electron chi connectivity index (χ1n) is 3.07. The first-order valence-corrected chi connectivity index (χ1v) is 4.65. The Morgan fingerprint density at radius 3 is 2.50 bits per heavy atom. The van der Waals surface area contributed by atoms with Crippen LogP contribution < -0.4 is 0 Å². The van der Waals surface area contributed by atoms with Gasteiger partial charge < -0.3 is 9.29 Å². The van der Waals surface area contributed by atoms with Crippen LogP contribution in [0.5, 0.6) is 0 Å². The van der Waals surface area contributed by atoms with Crippen LogP contribution >= 0.6 is 0 Å². The van der Waals surface area contributed by atoms with Crippen molar-refractivity contribution in [2.45, 2.75) is 19.8 Å². The molecule has 0 saturated carbocycles. The summed E-state index contributed by atoms with van der Waals surface area (Å²) in [4.78, 5) is 0. The van der Waals surface area contributed by atoms with Crippen molar-refractivity contribution in [3.63, 3.8) is 0 Å². The Kier molecular flexibility index (Phi) is 4.59. The normalized spacial score (nSPS) is 11.8. The zero-order valence-corrected chi connectivity index (χ0v) is 6.69. The predicted molar refractivity (Wildman–Crippen MR) is 35.4 cm³/mol. The van der Waals surface area contributed by atoms with Crippen molar-refractivity contribution in [3.8, 4) is 0 Å².